The molecule has 40 heavy (non-hydrogen) atoms. The van der Waals surface area contributed by atoms with Crippen LogP contribution >= 0.6 is 0 Å². The zero-order valence-electron chi connectivity index (χ0n) is 19.5. The zero-order valence-corrected chi connectivity index (χ0v) is 19.5. The number of nitrogens with zero attached hydrogens (tertiary/aromatic N) is 6. The maximum Gasteiger partial charge on any atom is 0.434 e. The predicted octanol–water partition coefficient (Wildman–Crippen LogP) is 4.86. The highest BCUT2D eigenvalue weighted by Crippen LogP contribution is 2.40. The minimum atomic E-state index is -5.11. The second kappa shape index (κ2) is 8.62. The number of amides is 2. The van der Waals surface area contributed by atoms with Crippen molar-refractivity contribution in [2.24, 2.45) is 0 Å². The summed E-state index contributed by atoms with van der Waals surface area (Å²) in [5.74, 6) is -2.49. The molecule has 2 N–H and O–H groups in total. The second-order valence-electron chi connectivity index (χ2n) is 8.50. The van der Waals surface area contributed by atoms with Gasteiger partial charge in [0.15, 0.2) is 11.5 Å². The largest absolute Gasteiger partial charge is 0.434 e. The highest BCUT2D eigenvalue weighted by atomic mass is 19.4. The first-order chi connectivity index (χ1) is 18.9. The molecule has 0 radical (unpaired) electrons. The summed E-state index contributed by atoms with van der Waals surface area (Å²) in [7, 11) is 0. The van der Waals surface area contributed by atoms with Crippen molar-refractivity contribution in [3.8, 4) is 11.5 Å². The first kappa shape index (κ1) is 25.0. The number of pyridine rings is 1. The molecule has 0 fully saturated rings. The van der Waals surface area contributed by atoms with Gasteiger partial charge in [-0.3, -0.25) is 9.59 Å². The summed E-state index contributed by atoms with van der Waals surface area (Å²) in [5.41, 5.74) is -3.68. The van der Waals surface area contributed by atoms with E-state index < -0.39 is 52.5 Å². The van der Waals surface area contributed by atoms with Gasteiger partial charge >= 0.3 is 12.4 Å². The third-order valence-corrected chi connectivity index (χ3v) is 6.06. The molecule has 0 unspecified atom stereocenters. The predicted molar refractivity (Wildman–Crippen MR) is 126 cm³/mol. The first-order valence-electron chi connectivity index (χ1n) is 11.2. The van der Waals surface area contributed by atoms with Gasteiger partial charge in [0, 0.05) is 22.0 Å². The van der Waals surface area contributed by atoms with Gasteiger partial charge in [0.05, 0.1) is 41.7 Å². The van der Waals surface area contributed by atoms with Crippen LogP contribution in [0.5, 0.6) is 0 Å². The Morgan fingerprint density at radius 3 is 2.38 bits per heavy atom. The molecule has 0 aliphatic carbocycles. The fourth-order valence-electron chi connectivity index (χ4n) is 4.45. The van der Waals surface area contributed by atoms with E-state index in [-0.39, 0.29) is 16.6 Å². The molecule has 5 aromatic rings. The Labute approximate surface area is 218 Å². The quantitative estimate of drug-likeness (QED) is 0.304. The summed E-state index contributed by atoms with van der Waals surface area (Å²) in [6.07, 6.45) is -6.31. The Morgan fingerprint density at radius 1 is 0.925 bits per heavy atom. The summed E-state index contributed by atoms with van der Waals surface area (Å²) >= 11 is 0. The van der Waals surface area contributed by atoms with E-state index in [9.17, 15) is 35.9 Å². The number of alkyl halides is 6. The molecule has 10 nitrogen and oxygen atoms in total. The van der Waals surface area contributed by atoms with Crippen LogP contribution < -0.4 is 10.6 Å². The van der Waals surface area contributed by atoms with Gasteiger partial charge in [0.1, 0.15) is 5.56 Å². The van der Waals surface area contributed by atoms with Crippen molar-refractivity contribution in [2.45, 2.75) is 12.4 Å². The molecule has 3 aromatic heterocycles. The molecule has 0 saturated carbocycles. The van der Waals surface area contributed by atoms with Crippen molar-refractivity contribution in [3.05, 3.63) is 83.6 Å². The van der Waals surface area contributed by atoms with E-state index in [2.05, 4.69) is 25.6 Å². The average molecular weight is 558 g/mol. The van der Waals surface area contributed by atoms with Crippen molar-refractivity contribution in [1.29, 1.82) is 0 Å². The molecule has 0 atom stereocenters. The number of anilines is 2. The Balaban J connectivity index is 1.42. The van der Waals surface area contributed by atoms with E-state index >= 15 is 0 Å². The number of nitrogens with one attached hydrogen (secondary N) is 2. The number of halogens is 6. The Hall–Kier alpha value is -5.28. The van der Waals surface area contributed by atoms with E-state index in [1.807, 2.05) is 5.32 Å². The minimum Gasteiger partial charge on any atom is -0.321 e. The molecule has 4 heterocycles. The van der Waals surface area contributed by atoms with E-state index in [0.29, 0.717) is 32.8 Å². The fourth-order valence-corrected chi connectivity index (χ4v) is 4.45. The Bertz CT molecular complexity index is 1830. The van der Waals surface area contributed by atoms with Crippen molar-refractivity contribution >= 4 is 34.0 Å². The lowest BCUT2D eigenvalue weighted by molar-refractivity contribution is -0.143. The fraction of sp³-hybridized carbons (Fsp3) is 0.0833. The maximum absolute atomic E-state index is 14.3. The lowest BCUT2D eigenvalue weighted by atomic mass is 10.0. The molecular formula is C24H12F6N8O2. The van der Waals surface area contributed by atoms with E-state index in [4.69, 9.17) is 0 Å². The lowest BCUT2D eigenvalue weighted by Gasteiger charge is -2.15. The van der Waals surface area contributed by atoms with Crippen molar-refractivity contribution < 1.29 is 35.9 Å². The lowest BCUT2D eigenvalue weighted by Crippen LogP contribution is -2.21. The number of carbonyl (C=O) groups excluding carboxylic acids is 2. The van der Waals surface area contributed by atoms with E-state index in [1.54, 1.807) is 0 Å². The van der Waals surface area contributed by atoms with Crippen LogP contribution in [-0.2, 0) is 12.4 Å². The molecular weight excluding hydrogens is 546 g/mol. The number of rotatable bonds is 4. The van der Waals surface area contributed by atoms with Gasteiger partial charge in [-0.25, -0.2) is 9.67 Å². The van der Waals surface area contributed by atoms with Gasteiger partial charge in [-0.05, 0) is 24.3 Å². The molecule has 2 amide bonds. The summed E-state index contributed by atoms with van der Waals surface area (Å²) in [6, 6.07) is 7.73. The number of hydrogen-bond donors (Lipinski definition) is 2. The van der Waals surface area contributed by atoms with Gasteiger partial charge in [0.2, 0.25) is 0 Å². The molecule has 0 bridgehead atoms. The smallest absolute Gasteiger partial charge is 0.321 e. The van der Waals surface area contributed by atoms with Crippen LogP contribution in [0.25, 0.3) is 22.3 Å². The highest BCUT2D eigenvalue weighted by Gasteiger charge is 2.41. The molecule has 2 aromatic carbocycles. The first-order valence-corrected chi connectivity index (χ1v) is 11.2. The number of hydrogen-bond acceptors (Lipinski definition) is 6. The van der Waals surface area contributed by atoms with Crippen LogP contribution in [-0.4, -0.2) is 41.6 Å². The number of benzene rings is 2. The monoisotopic (exact) mass is 558 g/mol. The van der Waals surface area contributed by atoms with Crippen LogP contribution in [0.3, 0.4) is 0 Å². The SMILES string of the molecule is O=C(Nc1cnc(-n2nccn2)c(C(F)(F)F)c1)c1cnn(-c2ccc3c4c(cccc24)C(=O)N3)c1C(F)(F)F. The summed E-state index contributed by atoms with van der Waals surface area (Å²) in [6.45, 7) is 0. The molecule has 6 rings (SSSR count). The summed E-state index contributed by atoms with van der Waals surface area (Å²) in [5, 5.41) is 16.3. The van der Waals surface area contributed by atoms with Crippen molar-refractivity contribution in [3.63, 3.8) is 0 Å². The van der Waals surface area contributed by atoms with E-state index in [1.165, 1.54) is 30.3 Å². The Morgan fingerprint density at radius 2 is 1.68 bits per heavy atom. The van der Waals surface area contributed by atoms with Crippen LogP contribution in [0, 0.1) is 0 Å². The second-order valence-corrected chi connectivity index (χ2v) is 8.50. The van der Waals surface area contributed by atoms with Crippen LogP contribution in [0.1, 0.15) is 32.0 Å². The topological polar surface area (TPSA) is 120 Å². The van der Waals surface area contributed by atoms with Crippen LogP contribution in [0.15, 0.2) is 61.2 Å². The molecule has 1 aliphatic heterocycles. The third-order valence-electron chi connectivity index (χ3n) is 6.06. The summed E-state index contributed by atoms with van der Waals surface area (Å²) in [4.78, 5) is 29.4. The minimum absolute atomic E-state index is 0.0689. The van der Waals surface area contributed by atoms with Crippen molar-refractivity contribution in [2.75, 3.05) is 10.6 Å². The average Bonchev–Trinajstić information content (AvgIpc) is 3.64. The van der Waals surface area contributed by atoms with Crippen LogP contribution in [0.4, 0.5) is 37.7 Å². The van der Waals surface area contributed by atoms with Crippen LogP contribution in [0.2, 0.25) is 0 Å². The molecule has 16 heteroatoms. The zero-order chi connectivity index (χ0) is 28.4. The molecule has 1 aliphatic rings. The number of aromatic nitrogens is 6. The maximum atomic E-state index is 14.3. The number of carbonyl (C=O) groups is 2. The molecule has 0 spiro atoms. The van der Waals surface area contributed by atoms with Gasteiger partial charge in [-0.2, -0.15) is 41.6 Å². The van der Waals surface area contributed by atoms with E-state index in [0.717, 1.165) is 18.6 Å². The summed E-state index contributed by atoms with van der Waals surface area (Å²) < 4.78 is 84.5. The third kappa shape index (κ3) is 4.00. The highest BCUT2D eigenvalue weighted by molar-refractivity contribution is 6.25. The molecule has 0 saturated heterocycles. The standard InChI is InChI=1S/C24H12F6N8O2/c25-23(26,27)15-8-11(9-31-20(15)38-32-6-7-33-38)35-22(40)14-10-34-37(19(14)24(28,29)30)17-5-4-16-18-12(17)2-1-3-13(18)21(39)36-16/h1-10H,(H,35,40)(H,36,39). The Kier molecular flexibility index (Phi) is 5.39. The van der Waals surface area contributed by atoms with Gasteiger partial charge < -0.3 is 10.6 Å². The molecule has 202 valence electrons. The van der Waals surface area contributed by atoms with Gasteiger partial charge in [-0.1, -0.05) is 12.1 Å². The van der Waals surface area contributed by atoms with Gasteiger partial charge in [-0.15, -0.1) is 4.80 Å². The van der Waals surface area contributed by atoms with Crippen molar-refractivity contribution in [1.82, 2.24) is 29.8 Å². The van der Waals surface area contributed by atoms with Gasteiger partial charge in [0.25, 0.3) is 11.8 Å². The normalized spacial score (nSPS) is 13.1.